The van der Waals surface area contributed by atoms with E-state index in [4.69, 9.17) is 4.74 Å². The lowest BCUT2D eigenvalue weighted by molar-refractivity contribution is -0.145. The molecule has 0 unspecified atom stereocenters. The molecule has 0 saturated heterocycles. The molecule has 1 amide bonds. The SMILES string of the molecule is CCCCCC=CC(=O)N[C@H](CC(C)C)C(=O)OC. The Hall–Kier alpha value is -1.32. The molecule has 0 saturated carbocycles. The summed E-state index contributed by atoms with van der Waals surface area (Å²) < 4.78 is 4.69. The summed E-state index contributed by atoms with van der Waals surface area (Å²) in [6, 6.07) is -0.558. The quantitative estimate of drug-likeness (QED) is 0.398. The van der Waals surface area contributed by atoms with Crippen molar-refractivity contribution in [2.45, 2.75) is 58.9 Å². The van der Waals surface area contributed by atoms with Crippen LogP contribution in [0.2, 0.25) is 0 Å². The number of nitrogens with one attached hydrogen (secondary N) is 1. The molecule has 0 spiro atoms. The number of hydrogen-bond acceptors (Lipinski definition) is 3. The molecule has 0 bridgehead atoms. The summed E-state index contributed by atoms with van der Waals surface area (Å²) in [5.41, 5.74) is 0. The van der Waals surface area contributed by atoms with Crippen molar-refractivity contribution >= 4 is 11.9 Å². The highest BCUT2D eigenvalue weighted by Crippen LogP contribution is 2.06. The van der Waals surface area contributed by atoms with Crippen LogP contribution in [0.5, 0.6) is 0 Å². The van der Waals surface area contributed by atoms with E-state index in [0.29, 0.717) is 12.3 Å². The number of hydrogen-bond donors (Lipinski definition) is 1. The Morgan fingerprint density at radius 3 is 2.47 bits per heavy atom. The normalized spacial score (nSPS) is 12.7. The van der Waals surface area contributed by atoms with Crippen molar-refractivity contribution in [2.75, 3.05) is 7.11 Å². The van der Waals surface area contributed by atoms with Crippen molar-refractivity contribution in [3.05, 3.63) is 12.2 Å². The van der Waals surface area contributed by atoms with Crippen molar-refractivity contribution in [2.24, 2.45) is 5.92 Å². The number of carbonyl (C=O) groups is 2. The standard InChI is InChI=1S/C15H27NO3/c1-5-6-7-8-9-10-14(17)16-13(11-12(2)3)15(18)19-4/h9-10,12-13H,5-8,11H2,1-4H3,(H,16,17)/t13-/m1/s1. The van der Waals surface area contributed by atoms with Gasteiger partial charge >= 0.3 is 5.97 Å². The smallest absolute Gasteiger partial charge is 0.328 e. The van der Waals surface area contributed by atoms with E-state index >= 15 is 0 Å². The molecule has 0 aromatic carbocycles. The molecule has 1 atom stereocenters. The van der Waals surface area contributed by atoms with Gasteiger partial charge in [0.15, 0.2) is 0 Å². The Labute approximate surface area is 116 Å². The molecule has 0 aromatic heterocycles. The fourth-order valence-electron chi connectivity index (χ4n) is 1.75. The highest BCUT2D eigenvalue weighted by molar-refractivity contribution is 5.91. The summed E-state index contributed by atoms with van der Waals surface area (Å²) in [4.78, 5) is 23.2. The maximum absolute atomic E-state index is 11.7. The van der Waals surface area contributed by atoms with Gasteiger partial charge in [-0.25, -0.2) is 4.79 Å². The molecule has 0 heterocycles. The second kappa shape index (κ2) is 10.6. The van der Waals surface area contributed by atoms with Crippen LogP contribution < -0.4 is 5.32 Å². The predicted molar refractivity (Wildman–Crippen MR) is 76.7 cm³/mol. The van der Waals surface area contributed by atoms with Crippen molar-refractivity contribution in [1.29, 1.82) is 0 Å². The van der Waals surface area contributed by atoms with Crippen LogP contribution in [-0.2, 0) is 14.3 Å². The van der Waals surface area contributed by atoms with Crippen LogP contribution in [0, 0.1) is 5.92 Å². The molecule has 0 aliphatic carbocycles. The van der Waals surface area contributed by atoms with Crippen LogP contribution in [0.1, 0.15) is 52.9 Å². The lowest BCUT2D eigenvalue weighted by Gasteiger charge is -2.17. The van der Waals surface area contributed by atoms with E-state index in [1.54, 1.807) is 0 Å². The van der Waals surface area contributed by atoms with E-state index in [2.05, 4.69) is 12.2 Å². The van der Waals surface area contributed by atoms with Gasteiger partial charge in [0, 0.05) is 0 Å². The van der Waals surface area contributed by atoms with Crippen LogP contribution >= 0.6 is 0 Å². The van der Waals surface area contributed by atoms with Gasteiger partial charge in [-0.05, 0) is 31.3 Å². The number of carbonyl (C=O) groups excluding carboxylic acids is 2. The third-order valence-corrected chi connectivity index (χ3v) is 2.75. The van der Waals surface area contributed by atoms with Crippen LogP contribution in [0.15, 0.2) is 12.2 Å². The fourth-order valence-corrected chi connectivity index (χ4v) is 1.75. The van der Waals surface area contributed by atoms with Gasteiger partial charge in [0.2, 0.25) is 5.91 Å². The number of rotatable bonds is 9. The topological polar surface area (TPSA) is 55.4 Å². The zero-order chi connectivity index (χ0) is 14.7. The lowest BCUT2D eigenvalue weighted by Crippen LogP contribution is -2.41. The van der Waals surface area contributed by atoms with Gasteiger partial charge in [0.1, 0.15) is 6.04 Å². The minimum absolute atomic E-state index is 0.229. The highest BCUT2D eigenvalue weighted by atomic mass is 16.5. The van der Waals surface area contributed by atoms with Gasteiger partial charge in [-0.15, -0.1) is 0 Å². The minimum atomic E-state index is -0.558. The first-order chi connectivity index (χ1) is 9.01. The van der Waals surface area contributed by atoms with Gasteiger partial charge < -0.3 is 10.1 Å². The van der Waals surface area contributed by atoms with Gasteiger partial charge in [-0.1, -0.05) is 39.7 Å². The number of unbranched alkanes of at least 4 members (excludes halogenated alkanes) is 3. The van der Waals surface area contributed by atoms with E-state index < -0.39 is 6.04 Å². The van der Waals surface area contributed by atoms with E-state index in [1.807, 2.05) is 19.9 Å². The molecule has 4 nitrogen and oxygen atoms in total. The number of amides is 1. The predicted octanol–water partition coefficient (Wildman–Crippen LogP) is 2.83. The molecule has 0 fully saturated rings. The van der Waals surface area contributed by atoms with E-state index in [0.717, 1.165) is 12.8 Å². The first kappa shape index (κ1) is 17.7. The second-order valence-corrected chi connectivity index (χ2v) is 5.11. The van der Waals surface area contributed by atoms with Crippen LogP contribution in [0.3, 0.4) is 0 Å². The summed E-state index contributed by atoms with van der Waals surface area (Å²) in [6.07, 6.45) is 8.27. The highest BCUT2D eigenvalue weighted by Gasteiger charge is 2.21. The average Bonchev–Trinajstić information content (AvgIpc) is 2.36. The Balaban J connectivity index is 4.19. The molecule has 0 aliphatic heterocycles. The molecule has 0 aliphatic rings. The molecular formula is C15H27NO3. The van der Waals surface area contributed by atoms with Crippen molar-refractivity contribution in [3.8, 4) is 0 Å². The van der Waals surface area contributed by atoms with Crippen LogP contribution in [0.25, 0.3) is 0 Å². The Bertz CT molecular complexity index is 298. The van der Waals surface area contributed by atoms with Crippen molar-refractivity contribution < 1.29 is 14.3 Å². The average molecular weight is 269 g/mol. The molecule has 0 rings (SSSR count). The fraction of sp³-hybridized carbons (Fsp3) is 0.733. The van der Waals surface area contributed by atoms with Gasteiger partial charge in [0.05, 0.1) is 7.11 Å². The largest absolute Gasteiger partial charge is 0.467 e. The lowest BCUT2D eigenvalue weighted by atomic mass is 10.0. The maximum Gasteiger partial charge on any atom is 0.328 e. The monoisotopic (exact) mass is 269 g/mol. The van der Waals surface area contributed by atoms with Gasteiger partial charge in [0.25, 0.3) is 0 Å². The summed E-state index contributed by atoms with van der Waals surface area (Å²) in [6.45, 7) is 6.15. The number of ether oxygens (including phenoxy) is 1. The summed E-state index contributed by atoms with van der Waals surface area (Å²) in [7, 11) is 1.34. The van der Waals surface area contributed by atoms with Crippen LogP contribution in [0.4, 0.5) is 0 Å². The van der Waals surface area contributed by atoms with Crippen LogP contribution in [-0.4, -0.2) is 25.0 Å². The molecule has 1 N–H and O–H groups in total. The number of esters is 1. The minimum Gasteiger partial charge on any atom is -0.467 e. The van der Waals surface area contributed by atoms with E-state index in [1.165, 1.54) is 26.0 Å². The second-order valence-electron chi connectivity index (χ2n) is 5.11. The first-order valence-electron chi connectivity index (χ1n) is 7.06. The third-order valence-electron chi connectivity index (χ3n) is 2.75. The van der Waals surface area contributed by atoms with E-state index in [-0.39, 0.29) is 11.9 Å². The zero-order valence-electron chi connectivity index (χ0n) is 12.6. The van der Waals surface area contributed by atoms with E-state index in [9.17, 15) is 9.59 Å². The summed E-state index contributed by atoms with van der Waals surface area (Å²) in [5.74, 6) is -0.299. The number of allylic oxidation sites excluding steroid dienone is 1. The molecule has 4 heteroatoms. The first-order valence-corrected chi connectivity index (χ1v) is 7.06. The molecule has 110 valence electrons. The Kier molecular flexibility index (Phi) is 9.85. The summed E-state index contributed by atoms with van der Waals surface area (Å²) >= 11 is 0. The van der Waals surface area contributed by atoms with Gasteiger partial charge in [-0.2, -0.15) is 0 Å². The molecule has 0 aromatic rings. The Morgan fingerprint density at radius 2 is 1.95 bits per heavy atom. The Morgan fingerprint density at radius 1 is 1.26 bits per heavy atom. The molecular weight excluding hydrogens is 242 g/mol. The molecule has 0 radical (unpaired) electrons. The van der Waals surface area contributed by atoms with Crippen molar-refractivity contribution in [1.82, 2.24) is 5.32 Å². The number of methoxy groups -OCH3 is 1. The van der Waals surface area contributed by atoms with Crippen molar-refractivity contribution in [3.63, 3.8) is 0 Å². The zero-order valence-corrected chi connectivity index (χ0v) is 12.6. The third kappa shape index (κ3) is 9.28. The van der Waals surface area contributed by atoms with Gasteiger partial charge in [-0.3, -0.25) is 4.79 Å². The molecule has 19 heavy (non-hydrogen) atoms. The summed E-state index contributed by atoms with van der Waals surface area (Å²) in [5, 5.41) is 2.69. The maximum atomic E-state index is 11.7.